The predicted octanol–water partition coefficient (Wildman–Crippen LogP) is 2.69. The zero-order valence-electron chi connectivity index (χ0n) is 11.4. The minimum atomic E-state index is -0.107. The summed E-state index contributed by atoms with van der Waals surface area (Å²) in [7, 11) is 1.66. The number of ether oxygens (including phenoxy) is 1. The maximum atomic E-state index is 12.1. The van der Waals surface area contributed by atoms with Gasteiger partial charge in [0.2, 0.25) is 5.91 Å². The number of carbonyl (C=O) groups excluding carboxylic acids is 1. The van der Waals surface area contributed by atoms with Crippen molar-refractivity contribution >= 4 is 5.91 Å². The van der Waals surface area contributed by atoms with Gasteiger partial charge in [0.1, 0.15) is 5.75 Å². The van der Waals surface area contributed by atoms with Gasteiger partial charge in [-0.1, -0.05) is 42.5 Å². The van der Waals surface area contributed by atoms with Crippen molar-refractivity contribution in [2.75, 3.05) is 13.7 Å². The molecule has 1 N–H and O–H groups in total. The number of benzene rings is 2. The predicted molar refractivity (Wildman–Crippen MR) is 77.9 cm³/mol. The second kappa shape index (κ2) is 5.37. The number of amides is 1. The van der Waals surface area contributed by atoms with Gasteiger partial charge in [0.25, 0.3) is 0 Å². The fourth-order valence-corrected chi connectivity index (χ4v) is 2.83. The molecule has 3 nitrogen and oxygen atoms in total. The van der Waals surface area contributed by atoms with E-state index in [2.05, 4.69) is 5.32 Å². The Morgan fingerprint density at radius 2 is 1.70 bits per heavy atom. The fraction of sp³-hybridized carbons (Fsp3) is 0.235. The molecule has 2 aromatic carbocycles. The van der Waals surface area contributed by atoms with E-state index in [1.54, 1.807) is 7.11 Å². The first-order valence-electron chi connectivity index (χ1n) is 6.76. The third-order valence-corrected chi connectivity index (χ3v) is 3.88. The van der Waals surface area contributed by atoms with E-state index in [0.717, 1.165) is 16.9 Å². The van der Waals surface area contributed by atoms with Crippen LogP contribution in [0.5, 0.6) is 5.75 Å². The van der Waals surface area contributed by atoms with Crippen molar-refractivity contribution in [3.05, 3.63) is 65.7 Å². The molecule has 2 unspecified atom stereocenters. The molecule has 2 aromatic rings. The van der Waals surface area contributed by atoms with Crippen LogP contribution in [0.25, 0.3) is 0 Å². The molecule has 3 heteroatoms. The second-order valence-corrected chi connectivity index (χ2v) is 5.01. The lowest BCUT2D eigenvalue weighted by Gasteiger charge is -2.17. The van der Waals surface area contributed by atoms with Gasteiger partial charge >= 0.3 is 0 Å². The van der Waals surface area contributed by atoms with Crippen LogP contribution in [0.15, 0.2) is 54.6 Å². The molecule has 0 aromatic heterocycles. The SMILES string of the molecule is COc1ccc(C2CNC(=O)C2c2ccccc2)cc1. The summed E-state index contributed by atoms with van der Waals surface area (Å²) >= 11 is 0. The molecule has 1 amide bonds. The van der Waals surface area contributed by atoms with Crippen LogP contribution in [0.2, 0.25) is 0 Å². The molecule has 0 saturated carbocycles. The van der Waals surface area contributed by atoms with Crippen molar-refractivity contribution in [1.29, 1.82) is 0 Å². The van der Waals surface area contributed by atoms with Crippen molar-refractivity contribution in [2.45, 2.75) is 11.8 Å². The van der Waals surface area contributed by atoms with E-state index in [4.69, 9.17) is 4.74 Å². The topological polar surface area (TPSA) is 38.3 Å². The van der Waals surface area contributed by atoms with E-state index in [0.29, 0.717) is 6.54 Å². The lowest BCUT2D eigenvalue weighted by atomic mass is 9.84. The van der Waals surface area contributed by atoms with Crippen LogP contribution in [-0.4, -0.2) is 19.6 Å². The van der Waals surface area contributed by atoms with Crippen LogP contribution in [0, 0.1) is 0 Å². The van der Waals surface area contributed by atoms with Crippen LogP contribution in [-0.2, 0) is 4.79 Å². The quantitative estimate of drug-likeness (QED) is 0.928. The summed E-state index contributed by atoms with van der Waals surface area (Å²) in [6.45, 7) is 0.685. The highest BCUT2D eigenvalue weighted by molar-refractivity contribution is 5.87. The number of hydrogen-bond donors (Lipinski definition) is 1. The number of methoxy groups -OCH3 is 1. The molecule has 0 spiro atoms. The molecule has 2 atom stereocenters. The highest BCUT2D eigenvalue weighted by atomic mass is 16.5. The first kappa shape index (κ1) is 12.7. The standard InChI is InChI=1S/C17H17NO2/c1-20-14-9-7-12(8-10-14)15-11-18-17(19)16(15)13-5-3-2-4-6-13/h2-10,15-16H,11H2,1H3,(H,18,19). The highest BCUT2D eigenvalue weighted by Gasteiger charge is 2.36. The molecule has 1 fully saturated rings. The summed E-state index contributed by atoms with van der Waals surface area (Å²) in [5.74, 6) is 1.01. The lowest BCUT2D eigenvalue weighted by Crippen LogP contribution is -2.18. The van der Waals surface area contributed by atoms with Gasteiger partial charge in [-0.15, -0.1) is 0 Å². The Hall–Kier alpha value is -2.29. The minimum Gasteiger partial charge on any atom is -0.497 e. The van der Waals surface area contributed by atoms with Gasteiger partial charge in [-0.2, -0.15) is 0 Å². The Kier molecular flexibility index (Phi) is 3.42. The van der Waals surface area contributed by atoms with Gasteiger partial charge in [-0.25, -0.2) is 0 Å². The summed E-state index contributed by atoms with van der Waals surface area (Å²) in [6, 6.07) is 17.9. The van der Waals surface area contributed by atoms with E-state index in [1.165, 1.54) is 0 Å². The van der Waals surface area contributed by atoms with Crippen molar-refractivity contribution in [3.63, 3.8) is 0 Å². The third kappa shape index (κ3) is 2.27. The van der Waals surface area contributed by atoms with E-state index < -0.39 is 0 Å². The van der Waals surface area contributed by atoms with Crippen molar-refractivity contribution in [3.8, 4) is 5.75 Å². The van der Waals surface area contributed by atoms with E-state index in [1.807, 2.05) is 54.6 Å². The number of hydrogen-bond acceptors (Lipinski definition) is 2. The highest BCUT2D eigenvalue weighted by Crippen LogP contribution is 2.37. The molecule has 0 aliphatic carbocycles. The first-order valence-corrected chi connectivity index (χ1v) is 6.76. The van der Waals surface area contributed by atoms with E-state index in [9.17, 15) is 4.79 Å². The van der Waals surface area contributed by atoms with Gasteiger partial charge in [-0.3, -0.25) is 4.79 Å². The average molecular weight is 267 g/mol. The molecular weight excluding hydrogens is 250 g/mol. The fourth-order valence-electron chi connectivity index (χ4n) is 2.83. The van der Waals surface area contributed by atoms with Gasteiger partial charge in [0.05, 0.1) is 13.0 Å². The maximum absolute atomic E-state index is 12.1. The molecule has 1 heterocycles. The molecule has 1 aliphatic heterocycles. The summed E-state index contributed by atoms with van der Waals surface area (Å²) < 4.78 is 5.18. The summed E-state index contributed by atoms with van der Waals surface area (Å²) in [6.07, 6.45) is 0. The molecule has 3 rings (SSSR count). The van der Waals surface area contributed by atoms with Crippen molar-refractivity contribution in [2.24, 2.45) is 0 Å². The Morgan fingerprint density at radius 3 is 2.35 bits per heavy atom. The van der Waals surface area contributed by atoms with Crippen LogP contribution in [0.4, 0.5) is 0 Å². The molecule has 20 heavy (non-hydrogen) atoms. The normalized spacial score (nSPS) is 21.6. The smallest absolute Gasteiger partial charge is 0.228 e. The first-order chi connectivity index (χ1) is 9.79. The Morgan fingerprint density at radius 1 is 1.00 bits per heavy atom. The average Bonchev–Trinajstić information content (AvgIpc) is 2.90. The molecule has 0 radical (unpaired) electrons. The second-order valence-electron chi connectivity index (χ2n) is 5.01. The molecular formula is C17H17NO2. The Labute approximate surface area is 118 Å². The molecule has 1 aliphatic rings. The van der Waals surface area contributed by atoms with Gasteiger partial charge < -0.3 is 10.1 Å². The molecule has 0 bridgehead atoms. The zero-order valence-corrected chi connectivity index (χ0v) is 11.4. The Bertz CT molecular complexity index is 592. The van der Waals surface area contributed by atoms with Gasteiger partial charge in [0, 0.05) is 12.5 Å². The monoisotopic (exact) mass is 267 g/mol. The van der Waals surface area contributed by atoms with Gasteiger partial charge in [-0.05, 0) is 23.3 Å². The summed E-state index contributed by atoms with van der Waals surface area (Å²) in [5, 5.41) is 2.98. The van der Waals surface area contributed by atoms with E-state index in [-0.39, 0.29) is 17.7 Å². The van der Waals surface area contributed by atoms with Gasteiger partial charge in [0.15, 0.2) is 0 Å². The van der Waals surface area contributed by atoms with E-state index >= 15 is 0 Å². The number of carbonyl (C=O) groups is 1. The largest absolute Gasteiger partial charge is 0.497 e. The van der Waals surface area contributed by atoms with Crippen molar-refractivity contribution in [1.82, 2.24) is 5.32 Å². The summed E-state index contributed by atoms with van der Waals surface area (Å²) in [5.41, 5.74) is 2.24. The van der Waals surface area contributed by atoms with Crippen LogP contribution in [0.3, 0.4) is 0 Å². The van der Waals surface area contributed by atoms with Crippen LogP contribution >= 0.6 is 0 Å². The molecule has 1 saturated heterocycles. The van der Waals surface area contributed by atoms with Crippen LogP contribution < -0.4 is 10.1 Å². The number of nitrogens with one attached hydrogen (secondary N) is 1. The molecule has 102 valence electrons. The Balaban J connectivity index is 1.93. The van der Waals surface area contributed by atoms with Crippen molar-refractivity contribution < 1.29 is 9.53 Å². The third-order valence-electron chi connectivity index (χ3n) is 3.88. The van der Waals surface area contributed by atoms with Crippen LogP contribution in [0.1, 0.15) is 23.0 Å². The minimum absolute atomic E-state index is 0.107. The zero-order chi connectivity index (χ0) is 13.9. The maximum Gasteiger partial charge on any atom is 0.228 e. The lowest BCUT2D eigenvalue weighted by molar-refractivity contribution is -0.120. The summed E-state index contributed by atoms with van der Waals surface area (Å²) in [4.78, 5) is 12.1. The number of rotatable bonds is 3.